The molecule has 0 aliphatic heterocycles. The molecule has 0 atom stereocenters. The Balaban J connectivity index is 1.54. The van der Waals surface area contributed by atoms with E-state index in [-0.39, 0.29) is 5.56 Å². The third-order valence-corrected chi connectivity index (χ3v) is 5.29. The van der Waals surface area contributed by atoms with Crippen molar-refractivity contribution in [2.75, 3.05) is 0 Å². The van der Waals surface area contributed by atoms with Crippen LogP contribution in [0.25, 0.3) is 10.9 Å². The number of aromatic nitrogens is 2. The van der Waals surface area contributed by atoms with Crippen LogP contribution in [0.15, 0.2) is 88.8 Å². The first-order valence-electron chi connectivity index (χ1n) is 8.61. The Hall–Kier alpha value is -3.05. The van der Waals surface area contributed by atoms with Crippen LogP contribution in [-0.2, 0) is 12.8 Å². The summed E-state index contributed by atoms with van der Waals surface area (Å²) in [6.07, 6.45) is 0. The zero-order valence-electron chi connectivity index (χ0n) is 14.8. The van der Waals surface area contributed by atoms with Gasteiger partial charge in [-0.3, -0.25) is 9.36 Å². The van der Waals surface area contributed by atoms with Crippen LogP contribution in [0, 0.1) is 0 Å². The first-order chi connectivity index (χ1) is 13.2. The first-order valence-corrected chi connectivity index (χ1v) is 9.60. The van der Waals surface area contributed by atoms with Crippen molar-refractivity contribution in [2.45, 2.75) is 10.9 Å². The highest BCUT2D eigenvalue weighted by molar-refractivity contribution is 7.98. The lowest BCUT2D eigenvalue weighted by Gasteiger charge is -2.10. The monoisotopic (exact) mass is 374 g/mol. The van der Waals surface area contributed by atoms with Crippen LogP contribution in [0.1, 0.15) is 5.56 Å². The Morgan fingerprint density at radius 2 is 1.67 bits per heavy atom. The lowest BCUT2D eigenvalue weighted by Crippen LogP contribution is -2.19. The largest absolute Gasteiger partial charge is 0.457 e. The van der Waals surface area contributed by atoms with E-state index in [0.717, 1.165) is 22.6 Å². The standard InChI is InChI=1S/C22H18N2O2S/c1-24-21(25)19-12-5-6-13-20(19)23-22(24)27-15-16-8-7-11-18(14-16)26-17-9-3-2-4-10-17/h2-14H,15H2,1H3. The summed E-state index contributed by atoms with van der Waals surface area (Å²) >= 11 is 1.54. The van der Waals surface area contributed by atoms with E-state index >= 15 is 0 Å². The van der Waals surface area contributed by atoms with Crippen LogP contribution in [-0.4, -0.2) is 9.55 Å². The maximum atomic E-state index is 12.5. The molecule has 0 spiro atoms. The fraction of sp³-hybridized carbons (Fsp3) is 0.0909. The highest BCUT2D eigenvalue weighted by Crippen LogP contribution is 2.26. The Morgan fingerprint density at radius 1 is 0.926 bits per heavy atom. The van der Waals surface area contributed by atoms with E-state index in [0.29, 0.717) is 16.3 Å². The fourth-order valence-electron chi connectivity index (χ4n) is 2.80. The third-order valence-electron chi connectivity index (χ3n) is 4.19. The second-order valence-electron chi connectivity index (χ2n) is 6.13. The predicted molar refractivity (Wildman–Crippen MR) is 110 cm³/mol. The molecule has 0 aliphatic carbocycles. The molecule has 0 unspecified atom stereocenters. The van der Waals surface area contributed by atoms with Gasteiger partial charge in [-0.1, -0.05) is 54.2 Å². The van der Waals surface area contributed by atoms with Crippen LogP contribution in [0.2, 0.25) is 0 Å². The molecule has 0 saturated heterocycles. The summed E-state index contributed by atoms with van der Waals surface area (Å²) in [5, 5.41) is 1.34. The van der Waals surface area contributed by atoms with Crippen molar-refractivity contribution in [1.82, 2.24) is 9.55 Å². The number of para-hydroxylation sites is 2. The zero-order valence-corrected chi connectivity index (χ0v) is 15.6. The Kier molecular flexibility index (Phi) is 4.94. The van der Waals surface area contributed by atoms with E-state index in [1.54, 1.807) is 23.4 Å². The maximum absolute atomic E-state index is 12.5. The van der Waals surface area contributed by atoms with Crippen molar-refractivity contribution in [2.24, 2.45) is 7.05 Å². The minimum Gasteiger partial charge on any atom is -0.457 e. The molecule has 1 aromatic heterocycles. The molecule has 27 heavy (non-hydrogen) atoms. The minimum absolute atomic E-state index is 0.0238. The Bertz CT molecular complexity index is 1140. The van der Waals surface area contributed by atoms with Crippen LogP contribution < -0.4 is 10.3 Å². The maximum Gasteiger partial charge on any atom is 0.261 e. The number of fused-ring (bicyclic) bond motifs is 1. The van der Waals surface area contributed by atoms with Crippen molar-refractivity contribution >= 4 is 22.7 Å². The van der Waals surface area contributed by atoms with Crippen LogP contribution in [0.3, 0.4) is 0 Å². The van der Waals surface area contributed by atoms with Crippen molar-refractivity contribution in [1.29, 1.82) is 0 Å². The van der Waals surface area contributed by atoms with E-state index in [1.165, 1.54) is 0 Å². The second kappa shape index (κ2) is 7.68. The van der Waals surface area contributed by atoms with Gasteiger partial charge in [0, 0.05) is 12.8 Å². The van der Waals surface area contributed by atoms with E-state index in [1.807, 2.05) is 78.9 Å². The summed E-state index contributed by atoms with van der Waals surface area (Å²) in [7, 11) is 1.76. The molecule has 0 saturated carbocycles. The van der Waals surface area contributed by atoms with Gasteiger partial charge in [0.25, 0.3) is 5.56 Å². The van der Waals surface area contributed by atoms with E-state index < -0.39 is 0 Å². The number of ether oxygens (including phenoxy) is 1. The molecular weight excluding hydrogens is 356 g/mol. The van der Waals surface area contributed by atoms with Crippen molar-refractivity contribution in [3.8, 4) is 11.5 Å². The van der Waals surface area contributed by atoms with Crippen LogP contribution in [0.4, 0.5) is 0 Å². The summed E-state index contributed by atoms with van der Waals surface area (Å²) < 4.78 is 7.50. The van der Waals surface area contributed by atoms with Gasteiger partial charge < -0.3 is 4.74 Å². The van der Waals surface area contributed by atoms with E-state index in [2.05, 4.69) is 4.98 Å². The van der Waals surface area contributed by atoms with Gasteiger partial charge >= 0.3 is 0 Å². The van der Waals surface area contributed by atoms with Gasteiger partial charge in [-0.25, -0.2) is 4.98 Å². The SMILES string of the molecule is Cn1c(SCc2cccc(Oc3ccccc3)c2)nc2ccccc2c1=O. The molecule has 0 N–H and O–H groups in total. The normalized spacial score (nSPS) is 10.9. The molecular formula is C22H18N2O2S. The molecule has 0 bridgehead atoms. The van der Waals surface area contributed by atoms with Gasteiger partial charge in [0.15, 0.2) is 5.16 Å². The fourth-order valence-corrected chi connectivity index (χ4v) is 3.71. The Labute approximate surface area is 161 Å². The highest BCUT2D eigenvalue weighted by atomic mass is 32.2. The topological polar surface area (TPSA) is 44.1 Å². The molecule has 134 valence electrons. The van der Waals surface area contributed by atoms with Crippen LogP contribution >= 0.6 is 11.8 Å². The summed E-state index contributed by atoms with van der Waals surface area (Å²) in [5.74, 6) is 2.30. The van der Waals surface area contributed by atoms with E-state index in [4.69, 9.17) is 4.74 Å². The molecule has 1 heterocycles. The van der Waals surface area contributed by atoms with Crippen LogP contribution in [0.5, 0.6) is 11.5 Å². The van der Waals surface area contributed by atoms with Gasteiger partial charge in [-0.2, -0.15) is 0 Å². The number of hydrogen-bond acceptors (Lipinski definition) is 4. The molecule has 3 aromatic carbocycles. The first kappa shape index (κ1) is 17.4. The van der Waals surface area contributed by atoms with Gasteiger partial charge in [0.1, 0.15) is 11.5 Å². The quantitative estimate of drug-likeness (QED) is 0.363. The summed E-state index contributed by atoms with van der Waals surface area (Å²) in [6.45, 7) is 0. The average Bonchev–Trinajstić information content (AvgIpc) is 2.71. The minimum atomic E-state index is -0.0238. The van der Waals surface area contributed by atoms with Gasteiger partial charge in [-0.15, -0.1) is 0 Å². The van der Waals surface area contributed by atoms with Crippen molar-refractivity contribution in [3.05, 3.63) is 94.8 Å². The molecule has 4 rings (SSSR count). The predicted octanol–water partition coefficient (Wildman–Crippen LogP) is 5.02. The van der Waals surface area contributed by atoms with Crippen molar-refractivity contribution < 1.29 is 4.74 Å². The molecule has 5 heteroatoms. The Morgan fingerprint density at radius 3 is 2.52 bits per heavy atom. The summed E-state index contributed by atoms with van der Waals surface area (Å²) in [4.78, 5) is 17.1. The summed E-state index contributed by atoms with van der Waals surface area (Å²) in [6, 6.07) is 25.1. The smallest absolute Gasteiger partial charge is 0.261 e. The highest BCUT2D eigenvalue weighted by Gasteiger charge is 2.09. The lowest BCUT2D eigenvalue weighted by molar-refractivity contribution is 0.482. The number of hydrogen-bond donors (Lipinski definition) is 0. The second-order valence-corrected chi connectivity index (χ2v) is 7.07. The molecule has 4 nitrogen and oxygen atoms in total. The number of benzene rings is 3. The molecule has 0 amide bonds. The molecule has 0 aliphatic rings. The lowest BCUT2D eigenvalue weighted by atomic mass is 10.2. The van der Waals surface area contributed by atoms with Gasteiger partial charge in [0.2, 0.25) is 0 Å². The third kappa shape index (κ3) is 3.88. The zero-order chi connectivity index (χ0) is 18.6. The molecule has 0 radical (unpaired) electrons. The number of rotatable bonds is 5. The molecule has 0 fully saturated rings. The van der Waals surface area contributed by atoms with Gasteiger partial charge in [-0.05, 0) is 42.0 Å². The van der Waals surface area contributed by atoms with E-state index in [9.17, 15) is 4.79 Å². The number of nitrogens with zero attached hydrogens (tertiary/aromatic N) is 2. The van der Waals surface area contributed by atoms with Gasteiger partial charge in [0.05, 0.1) is 10.9 Å². The van der Waals surface area contributed by atoms with Crippen molar-refractivity contribution in [3.63, 3.8) is 0 Å². The number of thioether (sulfide) groups is 1. The average molecular weight is 374 g/mol. The molecule has 4 aromatic rings. The summed E-state index contributed by atoms with van der Waals surface area (Å²) in [5.41, 5.74) is 1.81.